The van der Waals surface area contributed by atoms with Gasteiger partial charge in [-0.15, -0.1) is 0 Å². The zero-order valence-corrected chi connectivity index (χ0v) is 22.1. The number of aliphatic carboxylic acids is 1. The molecule has 3 aliphatic heterocycles. The number of phenols is 1. The third-order valence-corrected chi connectivity index (χ3v) is 8.24. The molecule has 6 rings (SSSR count). The second-order valence-electron chi connectivity index (χ2n) is 10.4. The molecule has 3 aromatic rings. The molecule has 41 heavy (non-hydrogen) atoms. The Bertz CT molecular complexity index is 1670. The van der Waals surface area contributed by atoms with Gasteiger partial charge in [-0.2, -0.15) is 0 Å². The van der Waals surface area contributed by atoms with Crippen molar-refractivity contribution in [1.82, 2.24) is 9.55 Å². The first-order chi connectivity index (χ1) is 19.5. The van der Waals surface area contributed by atoms with E-state index in [1.54, 1.807) is 25.1 Å². The van der Waals surface area contributed by atoms with E-state index in [4.69, 9.17) is 19.2 Å². The Hall–Kier alpha value is -3.88. The normalized spacial score (nSPS) is 28.6. The quantitative estimate of drug-likeness (QED) is 0.206. The van der Waals surface area contributed by atoms with Crippen LogP contribution in [0.2, 0.25) is 0 Å². The van der Waals surface area contributed by atoms with Gasteiger partial charge >= 0.3 is 11.9 Å². The van der Waals surface area contributed by atoms with Gasteiger partial charge in [0.1, 0.15) is 30.7 Å². The summed E-state index contributed by atoms with van der Waals surface area (Å²) in [5.41, 5.74) is 1.10. The number of aromatic hydroxyl groups is 1. The lowest BCUT2D eigenvalue weighted by atomic mass is 9.85. The molecule has 6 atom stereocenters. The number of carboxylic acids is 1. The number of carboxylic acid groups (broad SMARTS) is 1. The maximum Gasteiger partial charge on any atom is 0.343 e. The molecule has 5 N–H and O–H groups in total. The number of hydrogen-bond donors (Lipinski definition) is 5. The number of phenolic OH excluding ortho intramolecular Hbond substituents is 1. The summed E-state index contributed by atoms with van der Waals surface area (Å²) >= 11 is 0. The highest BCUT2D eigenvalue weighted by Gasteiger charge is 2.55. The maximum atomic E-state index is 13.8. The van der Waals surface area contributed by atoms with Gasteiger partial charge in [-0.1, -0.05) is 13.8 Å². The summed E-state index contributed by atoms with van der Waals surface area (Å²) in [6.07, 6.45) is -9.15. The van der Waals surface area contributed by atoms with Gasteiger partial charge in [0.25, 0.3) is 5.56 Å². The second kappa shape index (κ2) is 9.60. The number of pyridine rings is 2. The topological polar surface area (TPSA) is 198 Å². The van der Waals surface area contributed by atoms with Crippen molar-refractivity contribution in [1.29, 1.82) is 0 Å². The van der Waals surface area contributed by atoms with Crippen LogP contribution in [0.3, 0.4) is 0 Å². The molecular weight excluding hydrogens is 540 g/mol. The molecule has 0 unspecified atom stereocenters. The zero-order chi connectivity index (χ0) is 29.4. The van der Waals surface area contributed by atoms with Crippen molar-refractivity contribution in [2.45, 2.75) is 76.1 Å². The standard InChI is InChI=1S/C28H28N2O11/c1-3-12-13-7-11(31)5-6-17(13)29-19-14(12)9-30-18(19)8-16-15(24(30)35)10-39-27(38)28(16,4-2)41-26-22(34)20(32)21(33)23(40-26)25(36)37/h5-8,20-23,26,31-34H,3-4,9-10H2,1-2H3,(H,36,37)/t20-,21-,22+,23-,26-,28-/m0/s1. The van der Waals surface area contributed by atoms with Crippen LogP contribution in [-0.4, -0.2) is 77.7 Å². The molecule has 0 saturated carbocycles. The molecule has 13 heteroatoms. The van der Waals surface area contributed by atoms with Crippen LogP contribution >= 0.6 is 0 Å². The molecule has 216 valence electrons. The minimum Gasteiger partial charge on any atom is -0.508 e. The van der Waals surface area contributed by atoms with Crippen molar-refractivity contribution < 1.29 is 49.3 Å². The lowest BCUT2D eigenvalue weighted by molar-refractivity contribution is -0.322. The molecule has 0 bridgehead atoms. The summed E-state index contributed by atoms with van der Waals surface area (Å²) in [5.74, 6) is -2.41. The van der Waals surface area contributed by atoms with Crippen molar-refractivity contribution in [2.75, 3.05) is 0 Å². The fourth-order valence-corrected chi connectivity index (χ4v) is 6.08. The SMILES string of the molecule is CCc1c2c(nc3ccc(O)cc13)-c1cc3c(c(=O)n1C2)COC(=O)[C@@]3(CC)O[C@@H]1O[C@H](C(=O)O)[C@@H](O)[C@H](O)[C@H]1O. The third kappa shape index (κ3) is 3.88. The molecule has 1 aromatic carbocycles. The number of hydrogen-bond acceptors (Lipinski definition) is 11. The predicted molar refractivity (Wildman–Crippen MR) is 139 cm³/mol. The summed E-state index contributed by atoms with van der Waals surface area (Å²) in [6, 6.07) is 6.44. The van der Waals surface area contributed by atoms with Crippen LogP contribution in [-0.2, 0) is 49.0 Å². The van der Waals surface area contributed by atoms with Crippen LogP contribution in [0.25, 0.3) is 22.3 Å². The van der Waals surface area contributed by atoms with Crippen molar-refractivity contribution in [3.05, 3.63) is 56.9 Å². The number of rotatable bonds is 5. The van der Waals surface area contributed by atoms with Crippen LogP contribution < -0.4 is 5.56 Å². The number of aryl methyl sites for hydroxylation is 1. The van der Waals surface area contributed by atoms with E-state index in [0.717, 1.165) is 16.5 Å². The minimum atomic E-state index is -2.02. The number of aromatic nitrogens is 2. The number of nitrogens with zero attached hydrogens (tertiary/aromatic N) is 2. The summed E-state index contributed by atoms with van der Waals surface area (Å²) in [5, 5.41) is 51.3. The number of carbonyl (C=O) groups is 2. The Morgan fingerprint density at radius 1 is 1.12 bits per heavy atom. The van der Waals surface area contributed by atoms with E-state index in [1.165, 1.54) is 10.6 Å². The van der Waals surface area contributed by atoms with Gasteiger partial charge in [0, 0.05) is 16.5 Å². The molecule has 0 spiro atoms. The molecule has 0 radical (unpaired) electrons. The molecule has 3 aliphatic rings. The van der Waals surface area contributed by atoms with E-state index in [1.807, 2.05) is 6.92 Å². The first-order valence-corrected chi connectivity index (χ1v) is 13.2. The second-order valence-corrected chi connectivity index (χ2v) is 10.4. The number of carbonyl (C=O) groups excluding carboxylic acids is 1. The van der Waals surface area contributed by atoms with Gasteiger partial charge in [0.05, 0.1) is 29.0 Å². The van der Waals surface area contributed by atoms with E-state index >= 15 is 0 Å². The van der Waals surface area contributed by atoms with E-state index < -0.39 is 53.8 Å². The number of aliphatic hydroxyl groups excluding tert-OH is 3. The first-order valence-electron chi connectivity index (χ1n) is 13.2. The van der Waals surface area contributed by atoms with Gasteiger partial charge < -0.3 is 44.3 Å². The number of benzene rings is 1. The lowest BCUT2D eigenvalue weighted by Gasteiger charge is -2.44. The Kier molecular flexibility index (Phi) is 6.39. The van der Waals surface area contributed by atoms with Gasteiger partial charge in [0.15, 0.2) is 18.0 Å². The molecule has 13 nitrogen and oxygen atoms in total. The van der Waals surface area contributed by atoms with Crippen LogP contribution in [0.15, 0.2) is 29.1 Å². The van der Waals surface area contributed by atoms with Crippen LogP contribution in [0.4, 0.5) is 0 Å². The molecule has 0 aliphatic carbocycles. The molecule has 1 saturated heterocycles. The predicted octanol–water partition coefficient (Wildman–Crippen LogP) is 0.264. The highest BCUT2D eigenvalue weighted by atomic mass is 16.7. The fourth-order valence-electron chi connectivity index (χ4n) is 6.08. The van der Waals surface area contributed by atoms with E-state index in [0.29, 0.717) is 23.3 Å². The average molecular weight is 569 g/mol. The smallest absolute Gasteiger partial charge is 0.343 e. The maximum absolute atomic E-state index is 13.8. The summed E-state index contributed by atoms with van der Waals surface area (Å²) < 4.78 is 18.2. The van der Waals surface area contributed by atoms with Gasteiger partial charge in [-0.25, -0.2) is 14.6 Å². The Labute approximate surface area is 232 Å². The van der Waals surface area contributed by atoms with Crippen LogP contribution in [0.5, 0.6) is 5.75 Å². The van der Waals surface area contributed by atoms with E-state index in [-0.39, 0.29) is 36.4 Å². The number of fused-ring (bicyclic) bond motifs is 5. The van der Waals surface area contributed by atoms with Crippen molar-refractivity contribution >= 4 is 22.8 Å². The van der Waals surface area contributed by atoms with Crippen molar-refractivity contribution in [3.63, 3.8) is 0 Å². The van der Waals surface area contributed by atoms with E-state index in [9.17, 15) is 39.9 Å². The van der Waals surface area contributed by atoms with Crippen molar-refractivity contribution in [3.8, 4) is 17.1 Å². The van der Waals surface area contributed by atoms with E-state index in [2.05, 4.69) is 0 Å². The molecule has 5 heterocycles. The fraction of sp³-hybridized carbons (Fsp3) is 0.429. The summed E-state index contributed by atoms with van der Waals surface area (Å²) in [6.45, 7) is 3.41. The third-order valence-electron chi connectivity index (χ3n) is 8.24. The number of esters is 1. The highest BCUT2D eigenvalue weighted by Crippen LogP contribution is 2.43. The van der Waals surface area contributed by atoms with Crippen LogP contribution in [0, 0.1) is 0 Å². The van der Waals surface area contributed by atoms with Gasteiger partial charge in [-0.3, -0.25) is 4.79 Å². The van der Waals surface area contributed by atoms with Crippen molar-refractivity contribution in [2.24, 2.45) is 0 Å². The summed E-state index contributed by atoms with van der Waals surface area (Å²) in [4.78, 5) is 43.6. The minimum absolute atomic E-state index is 0.0903. The molecule has 2 aromatic heterocycles. The largest absolute Gasteiger partial charge is 0.508 e. The first kappa shape index (κ1) is 27.3. The summed E-state index contributed by atoms with van der Waals surface area (Å²) in [7, 11) is 0. The Balaban J connectivity index is 1.51. The number of cyclic esters (lactones) is 1. The molecule has 1 fully saturated rings. The Morgan fingerprint density at radius 2 is 1.88 bits per heavy atom. The van der Waals surface area contributed by atoms with Gasteiger partial charge in [0.2, 0.25) is 0 Å². The zero-order valence-electron chi connectivity index (χ0n) is 22.1. The van der Waals surface area contributed by atoms with Gasteiger partial charge in [-0.05, 0) is 42.7 Å². The molecule has 0 amide bonds. The number of aliphatic hydroxyl groups is 3. The lowest BCUT2D eigenvalue weighted by Crippen LogP contribution is -2.62. The monoisotopic (exact) mass is 568 g/mol. The number of ether oxygens (including phenoxy) is 3. The Morgan fingerprint density at radius 3 is 2.56 bits per heavy atom. The molecular formula is C28H28N2O11. The van der Waals surface area contributed by atoms with Crippen LogP contribution in [0.1, 0.15) is 42.5 Å². The highest BCUT2D eigenvalue weighted by molar-refractivity contribution is 5.90. The average Bonchev–Trinajstić information content (AvgIpc) is 3.31.